The zero-order chi connectivity index (χ0) is 13.0. The van der Waals surface area contributed by atoms with E-state index in [-0.39, 0.29) is 0 Å². The molecule has 18 heavy (non-hydrogen) atoms. The van der Waals surface area contributed by atoms with E-state index in [9.17, 15) is 0 Å². The molecule has 6 nitrogen and oxygen atoms in total. The summed E-state index contributed by atoms with van der Waals surface area (Å²) in [5.41, 5.74) is 0. The van der Waals surface area contributed by atoms with Crippen molar-refractivity contribution in [3.05, 3.63) is 5.82 Å². The highest BCUT2D eigenvalue weighted by Crippen LogP contribution is 2.14. The average Bonchev–Trinajstić information content (AvgIpc) is 2.75. The van der Waals surface area contributed by atoms with Gasteiger partial charge in [0.2, 0.25) is 0 Å². The Morgan fingerprint density at radius 3 is 2.89 bits per heavy atom. The third-order valence-electron chi connectivity index (χ3n) is 3.52. The van der Waals surface area contributed by atoms with Crippen molar-refractivity contribution in [3.8, 4) is 0 Å². The van der Waals surface area contributed by atoms with Crippen LogP contribution in [0, 0.1) is 5.92 Å². The van der Waals surface area contributed by atoms with Crippen LogP contribution in [0.1, 0.15) is 32.5 Å². The number of nitrogens with zero attached hydrogens (tertiary/aromatic N) is 5. The number of tetrazole rings is 1. The van der Waals surface area contributed by atoms with Crippen LogP contribution in [0.2, 0.25) is 0 Å². The quantitative estimate of drug-likeness (QED) is 0.823. The molecular formula is C12H24N6. The predicted octanol–water partition coefficient (Wildman–Crippen LogP) is 0.420. The van der Waals surface area contributed by atoms with Gasteiger partial charge < -0.3 is 5.32 Å². The largest absolute Gasteiger partial charge is 0.316 e. The molecule has 0 bridgehead atoms. The van der Waals surface area contributed by atoms with Gasteiger partial charge in [0.25, 0.3) is 0 Å². The lowest BCUT2D eigenvalue weighted by Gasteiger charge is -2.31. The lowest BCUT2D eigenvalue weighted by atomic mass is 9.98. The molecule has 1 aromatic heterocycles. The van der Waals surface area contributed by atoms with E-state index in [1.807, 2.05) is 0 Å². The SMILES string of the molecule is CC(C)N(Cc1nnn(C)n1)CC1CCCNC1. The van der Waals surface area contributed by atoms with Crippen molar-refractivity contribution in [1.82, 2.24) is 30.4 Å². The van der Waals surface area contributed by atoms with Crippen molar-refractivity contribution in [3.63, 3.8) is 0 Å². The number of nitrogens with one attached hydrogen (secondary N) is 1. The molecule has 1 saturated heterocycles. The molecule has 1 atom stereocenters. The highest BCUT2D eigenvalue weighted by molar-refractivity contribution is 4.81. The Kier molecular flexibility index (Phi) is 4.66. The van der Waals surface area contributed by atoms with Crippen molar-refractivity contribution in [2.45, 2.75) is 39.3 Å². The Labute approximate surface area is 109 Å². The molecule has 2 heterocycles. The van der Waals surface area contributed by atoms with Gasteiger partial charge in [-0.1, -0.05) is 0 Å². The van der Waals surface area contributed by atoms with E-state index in [0.29, 0.717) is 6.04 Å². The van der Waals surface area contributed by atoms with Gasteiger partial charge >= 0.3 is 0 Å². The maximum atomic E-state index is 4.26. The van der Waals surface area contributed by atoms with E-state index in [0.717, 1.165) is 31.4 Å². The fourth-order valence-corrected chi connectivity index (χ4v) is 2.44. The maximum absolute atomic E-state index is 4.26. The lowest BCUT2D eigenvalue weighted by molar-refractivity contribution is 0.160. The molecule has 1 fully saturated rings. The highest BCUT2D eigenvalue weighted by Gasteiger charge is 2.20. The molecule has 0 amide bonds. The first kappa shape index (κ1) is 13.4. The molecule has 2 rings (SSSR count). The second-order valence-corrected chi connectivity index (χ2v) is 5.43. The lowest BCUT2D eigenvalue weighted by Crippen LogP contribution is -2.41. The Morgan fingerprint density at radius 2 is 2.33 bits per heavy atom. The fourth-order valence-electron chi connectivity index (χ4n) is 2.44. The first-order chi connectivity index (χ1) is 8.65. The fraction of sp³-hybridized carbons (Fsp3) is 0.917. The predicted molar refractivity (Wildman–Crippen MR) is 69.9 cm³/mol. The zero-order valence-corrected chi connectivity index (χ0v) is 11.6. The number of aryl methyl sites for hydroxylation is 1. The Hall–Kier alpha value is -1.01. The summed E-state index contributed by atoms with van der Waals surface area (Å²) in [5.74, 6) is 1.56. The monoisotopic (exact) mass is 252 g/mol. The van der Waals surface area contributed by atoms with Crippen LogP contribution in [0.4, 0.5) is 0 Å². The van der Waals surface area contributed by atoms with Gasteiger partial charge in [-0.15, -0.1) is 10.2 Å². The maximum Gasteiger partial charge on any atom is 0.188 e. The van der Waals surface area contributed by atoms with Crippen LogP contribution in [-0.2, 0) is 13.6 Å². The minimum atomic E-state index is 0.510. The number of rotatable bonds is 5. The normalized spacial score (nSPS) is 20.8. The third-order valence-corrected chi connectivity index (χ3v) is 3.52. The summed E-state index contributed by atoms with van der Waals surface area (Å²) >= 11 is 0. The Balaban J connectivity index is 1.90. The summed E-state index contributed by atoms with van der Waals surface area (Å²) in [7, 11) is 1.81. The van der Waals surface area contributed by atoms with Crippen LogP contribution >= 0.6 is 0 Å². The number of aromatic nitrogens is 4. The summed E-state index contributed by atoms with van der Waals surface area (Å²) in [6.45, 7) is 8.67. The molecule has 6 heteroatoms. The smallest absolute Gasteiger partial charge is 0.188 e. The van der Waals surface area contributed by atoms with Gasteiger partial charge in [0.15, 0.2) is 5.82 Å². The molecule has 1 aromatic rings. The van der Waals surface area contributed by atoms with Crippen LogP contribution in [0.3, 0.4) is 0 Å². The van der Waals surface area contributed by atoms with E-state index in [4.69, 9.17) is 0 Å². The van der Waals surface area contributed by atoms with Gasteiger partial charge in [-0.2, -0.15) is 4.80 Å². The molecule has 0 aliphatic carbocycles. The van der Waals surface area contributed by atoms with E-state index in [1.165, 1.54) is 24.2 Å². The zero-order valence-electron chi connectivity index (χ0n) is 11.6. The van der Waals surface area contributed by atoms with Crippen molar-refractivity contribution < 1.29 is 0 Å². The molecule has 1 aliphatic rings. The summed E-state index contributed by atoms with van der Waals surface area (Å²) in [4.78, 5) is 3.96. The van der Waals surface area contributed by atoms with Gasteiger partial charge in [0, 0.05) is 12.6 Å². The number of hydrogen-bond donors (Lipinski definition) is 1. The van der Waals surface area contributed by atoms with Crippen molar-refractivity contribution >= 4 is 0 Å². The Morgan fingerprint density at radius 1 is 1.50 bits per heavy atom. The number of piperidine rings is 1. The minimum Gasteiger partial charge on any atom is -0.316 e. The van der Waals surface area contributed by atoms with Gasteiger partial charge in [-0.25, -0.2) is 0 Å². The molecule has 1 aliphatic heterocycles. The molecule has 0 aromatic carbocycles. The van der Waals surface area contributed by atoms with Crippen LogP contribution < -0.4 is 5.32 Å². The minimum absolute atomic E-state index is 0.510. The highest BCUT2D eigenvalue weighted by atomic mass is 15.6. The van der Waals surface area contributed by atoms with Crippen LogP contribution in [0.5, 0.6) is 0 Å². The summed E-state index contributed by atoms with van der Waals surface area (Å²) in [6.07, 6.45) is 2.62. The first-order valence-corrected chi connectivity index (χ1v) is 6.83. The van der Waals surface area contributed by atoms with Crippen LogP contribution in [-0.4, -0.2) is 50.8 Å². The molecule has 0 spiro atoms. The van der Waals surface area contributed by atoms with Crippen LogP contribution in [0.25, 0.3) is 0 Å². The molecule has 0 radical (unpaired) electrons. The van der Waals surface area contributed by atoms with Crippen molar-refractivity contribution in [1.29, 1.82) is 0 Å². The van der Waals surface area contributed by atoms with E-state index >= 15 is 0 Å². The molecule has 1 N–H and O–H groups in total. The summed E-state index contributed by atoms with van der Waals surface area (Å²) in [6, 6.07) is 0.510. The molecule has 0 saturated carbocycles. The van der Waals surface area contributed by atoms with Gasteiger partial charge in [-0.05, 0) is 50.9 Å². The van der Waals surface area contributed by atoms with Gasteiger partial charge in [0.1, 0.15) is 0 Å². The van der Waals surface area contributed by atoms with Gasteiger partial charge in [-0.3, -0.25) is 4.90 Å². The van der Waals surface area contributed by atoms with Gasteiger partial charge in [0.05, 0.1) is 13.6 Å². The third kappa shape index (κ3) is 3.74. The molecule has 1 unspecified atom stereocenters. The average molecular weight is 252 g/mol. The second-order valence-electron chi connectivity index (χ2n) is 5.43. The number of hydrogen-bond acceptors (Lipinski definition) is 5. The van der Waals surface area contributed by atoms with Crippen LogP contribution in [0.15, 0.2) is 0 Å². The van der Waals surface area contributed by atoms with E-state index in [2.05, 4.69) is 39.5 Å². The van der Waals surface area contributed by atoms with Crippen molar-refractivity contribution in [2.24, 2.45) is 13.0 Å². The first-order valence-electron chi connectivity index (χ1n) is 6.83. The van der Waals surface area contributed by atoms with E-state index in [1.54, 1.807) is 7.05 Å². The summed E-state index contributed by atoms with van der Waals surface area (Å²) in [5, 5.41) is 15.7. The van der Waals surface area contributed by atoms with E-state index < -0.39 is 0 Å². The van der Waals surface area contributed by atoms with Crippen molar-refractivity contribution in [2.75, 3.05) is 19.6 Å². The molecule has 102 valence electrons. The second kappa shape index (κ2) is 6.24. The molecular weight excluding hydrogens is 228 g/mol. The Bertz CT molecular complexity index is 355. The topological polar surface area (TPSA) is 58.9 Å². The standard InChI is InChI=1S/C12H24N6/c1-10(2)18(8-11-5-4-6-13-7-11)9-12-14-16-17(3)15-12/h10-11,13H,4-9H2,1-3H3. The summed E-state index contributed by atoms with van der Waals surface area (Å²) < 4.78 is 0.